The molecule has 2 amide bonds. The third-order valence-electron chi connectivity index (χ3n) is 3.70. The van der Waals surface area contributed by atoms with Crippen molar-refractivity contribution in [1.29, 1.82) is 0 Å². The standard InChI is InChI=1S/C20H21N3O5S/c1-12(2)27-16-9-8-13(10-17(16)26-3)19(25)23-22-18(24)11-29-20-21-14-6-4-5-7-15(14)28-20/h4-10,12H,11H2,1-3H3,(H,22,24)(H,23,25). The molecule has 0 bridgehead atoms. The monoisotopic (exact) mass is 415 g/mol. The summed E-state index contributed by atoms with van der Waals surface area (Å²) in [5.74, 6) is 0.149. The summed E-state index contributed by atoms with van der Waals surface area (Å²) in [6.45, 7) is 3.79. The first kappa shape index (κ1) is 20.5. The van der Waals surface area contributed by atoms with Crippen LogP contribution in [-0.4, -0.2) is 35.8 Å². The molecule has 3 rings (SSSR count). The lowest BCUT2D eigenvalue weighted by atomic mass is 10.2. The highest BCUT2D eigenvalue weighted by Crippen LogP contribution is 2.29. The molecule has 0 atom stereocenters. The van der Waals surface area contributed by atoms with Crippen molar-refractivity contribution < 1.29 is 23.5 Å². The Bertz CT molecular complexity index is 985. The number of benzene rings is 2. The molecule has 29 heavy (non-hydrogen) atoms. The molecular formula is C20H21N3O5S. The fourth-order valence-electron chi connectivity index (χ4n) is 2.43. The van der Waals surface area contributed by atoms with Gasteiger partial charge < -0.3 is 13.9 Å². The van der Waals surface area contributed by atoms with Crippen LogP contribution in [-0.2, 0) is 4.79 Å². The number of nitrogens with one attached hydrogen (secondary N) is 2. The maximum atomic E-state index is 12.3. The van der Waals surface area contributed by atoms with Gasteiger partial charge in [0.25, 0.3) is 11.1 Å². The van der Waals surface area contributed by atoms with Gasteiger partial charge in [0, 0.05) is 5.56 Å². The zero-order valence-electron chi connectivity index (χ0n) is 16.2. The molecule has 0 fully saturated rings. The first-order chi connectivity index (χ1) is 14.0. The maximum absolute atomic E-state index is 12.3. The Morgan fingerprint density at radius 3 is 2.66 bits per heavy atom. The number of aromatic nitrogens is 1. The molecule has 2 N–H and O–H groups in total. The van der Waals surface area contributed by atoms with Crippen LogP contribution in [0.4, 0.5) is 0 Å². The van der Waals surface area contributed by atoms with Crippen LogP contribution in [0.5, 0.6) is 11.5 Å². The van der Waals surface area contributed by atoms with Crippen molar-refractivity contribution >= 4 is 34.7 Å². The van der Waals surface area contributed by atoms with Gasteiger partial charge >= 0.3 is 0 Å². The number of carbonyl (C=O) groups is 2. The average Bonchev–Trinajstić information content (AvgIpc) is 3.13. The van der Waals surface area contributed by atoms with Gasteiger partial charge in [0.1, 0.15) is 5.52 Å². The normalized spacial score (nSPS) is 10.8. The molecule has 1 heterocycles. The quantitative estimate of drug-likeness (QED) is 0.451. The summed E-state index contributed by atoms with van der Waals surface area (Å²) in [5, 5.41) is 0.387. The summed E-state index contributed by atoms with van der Waals surface area (Å²) >= 11 is 1.14. The van der Waals surface area contributed by atoms with Crippen molar-refractivity contribution in [2.24, 2.45) is 0 Å². The van der Waals surface area contributed by atoms with Gasteiger partial charge in [-0.2, -0.15) is 0 Å². The van der Waals surface area contributed by atoms with Gasteiger partial charge in [-0.1, -0.05) is 23.9 Å². The second-order valence-electron chi connectivity index (χ2n) is 6.27. The topological polar surface area (TPSA) is 103 Å². The van der Waals surface area contributed by atoms with Gasteiger partial charge in [0.2, 0.25) is 5.91 Å². The predicted octanol–water partition coefficient (Wildman–Crippen LogP) is 3.18. The average molecular weight is 415 g/mol. The van der Waals surface area contributed by atoms with Crippen molar-refractivity contribution in [3.05, 3.63) is 48.0 Å². The van der Waals surface area contributed by atoms with Crippen molar-refractivity contribution in [3.8, 4) is 11.5 Å². The first-order valence-corrected chi connectivity index (χ1v) is 9.87. The summed E-state index contributed by atoms with van der Waals surface area (Å²) in [5.41, 5.74) is 6.45. The van der Waals surface area contributed by atoms with Crippen LogP contribution >= 0.6 is 11.8 Å². The molecule has 1 aromatic heterocycles. The molecular weight excluding hydrogens is 394 g/mol. The van der Waals surface area contributed by atoms with Gasteiger partial charge in [-0.25, -0.2) is 4.98 Å². The van der Waals surface area contributed by atoms with Crippen LogP contribution in [0, 0.1) is 0 Å². The number of oxazole rings is 1. The van der Waals surface area contributed by atoms with Crippen molar-refractivity contribution in [1.82, 2.24) is 15.8 Å². The van der Waals surface area contributed by atoms with E-state index in [1.807, 2.05) is 32.0 Å². The molecule has 0 aliphatic rings. The minimum atomic E-state index is -0.473. The van der Waals surface area contributed by atoms with Crippen molar-refractivity contribution in [2.45, 2.75) is 25.2 Å². The largest absolute Gasteiger partial charge is 0.493 e. The number of hydrogen-bond acceptors (Lipinski definition) is 7. The lowest BCUT2D eigenvalue weighted by Gasteiger charge is -2.14. The van der Waals surface area contributed by atoms with E-state index in [0.29, 0.717) is 27.9 Å². The molecule has 3 aromatic rings. The Balaban J connectivity index is 1.52. The van der Waals surface area contributed by atoms with E-state index in [0.717, 1.165) is 17.3 Å². The summed E-state index contributed by atoms with van der Waals surface area (Å²) in [6, 6.07) is 12.1. The minimum Gasteiger partial charge on any atom is -0.493 e. The molecule has 9 heteroatoms. The van der Waals surface area contributed by atoms with E-state index in [1.54, 1.807) is 24.3 Å². The molecule has 152 valence electrons. The molecule has 0 spiro atoms. The maximum Gasteiger partial charge on any atom is 0.269 e. The second-order valence-corrected chi connectivity index (χ2v) is 7.20. The first-order valence-electron chi connectivity index (χ1n) is 8.88. The van der Waals surface area contributed by atoms with Crippen molar-refractivity contribution in [3.63, 3.8) is 0 Å². The van der Waals surface area contributed by atoms with E-state index in [1.165, 1.54) is 7.11 Å². The van der Waals surface area contributed by atoms with Gasteiger partial charge in [-0.3, -0.25) is 20.4 Å². The smallest absolute Gasteiger partial charge is 0.269 e. The van der Waals surface area contributed by atoms with E-state index in [2.05, 4.69) is 15.8 Å². The number of nitrogens with zero attached hydrogens (tertiary/aromatic N) is 1. The summed E-state index contributed by atoms with van der Waals surface area (Å²) in [6.07, 6.45) is -0.0263. The SMILES string of the molecule is COc1cc(C(=O)NNC(=O)CSc2nc3ccccc3o2)ccc1OC(C)C. The van der Waals surface area contributed by atoms with Crippen LogP contribution in [0.1, 0.15) is 24.2 Å². The Hall–Kier alpha value is -3.20. The van der Waals surface area contributed by atoms with E-state index in [9.17, 15) is 9.59 Å². The van der Waals surface area contributed by atoms with E-state index >= 15 is 0 Å². The zero-order chi connectivity index (χ0) is 20.8. The Morgan fingerprint density at radius 2 is 1.93 bits per heavy atom. The number of thioether (sulfide) groups is 1. The molecule has 0 unspecified atom stereocenters. The lowest BCUT2D eigenvalue weighted by molar-refractivity contribution is -0.119. The van der Waals surface area contributed by atoms with Crippen LogP contribution in [0.15, 0.2) is 52.1 Å². The number of rotatable bonds is 7. The fraction of sp³-hybridized carbons (Fsp3) is 0.250. The second kappa shape index (κ2) is 9.33. The van der Waals surface area contributed by atoms with Crippen LogP contribution in [0.25, 0.3) is 11.1 Å². The van der Waals surface area contributed by atoms with Gasteiger partial charge in [0.15, 0.2) is 17.1 Å². The summed E-state index contributed by atoms with van der Waals surface area (Å²) in [4.78, 5) is 28.6. The van der Waals surface area contributed by atoms with Crippen LogP contribution in [0.2, 0.25) is 0 Å². The van der Waals surface area contributed by atoms with Crippen molar-refractivity contribution in [2.75, 3.05) is 12.9 Å². The van der Waals surface area contributed by atoms with E-state index in [-0.39, 0.29) is 11.9 Å². The van der Waals surface area contributed by atoms with Gasteiger partial charge in [-0.05, 0) is 44.2 Å². The Labute approximate surface area is 171 Å². The number of carbonyl (C=O) groups excluding carboxylic acids is 2. The number of methoxy groups -OCH3 is 1. The van der Waals surface area contributed by atoms with Gasteiger partial charge in [-0.15, -0.1) is 0 Å². The molecule has 8 nitrogen and oxygen atoms in total. The molecule has 0 aliphatic heterocycles. The number of hydrazine groups is 1. The molecule has 0 aliphatic carbocycles. The summed E-state index contributed by atoms with van der Waals surface area (Å²) < 4.78 is 16.4. The summed E-state index contributed by atoms with van der Waals surface area (Å²) in [7, 11) is 1.50. The number of amides is 2. The Morgan fingerprint density at radius 1 is 1.14 bits per heavy atom. The number of fused-ring (bicyclic) bond motifs is 1. The zero-order valence-corrected chi connectivity index (χ0v) is 17.0. The number of hydrogen-bond donors (Lipinski definition) is 2. The minimum absolute atomic E-state index is 0.0263. The van der Waals surface area contributed by atoms with Gasteiger partial charge in [0.05, 0.1) is 19.0 Å². The highest BCUT2D eigenvalue weighted by Gasteiger charge is 2.14. The highest BCUT2D eigenvalue weighted by atomic mass is 32.2. The molecule has 2 aromatic carbocycles. The van der Waals surface area contributed by atoms with E-state index < -0.39 is 11.8 Å². The molecule has 0 saturated heterocycles. The van der Waals surface area contributed by atoms with E-state index in [4.69, 9.17) is 13.9 Å². The predicted molar refractivity (Wildman–Crippen MR) is 109 cm³/mol. The third-order valence-corrected chi connectivity index (χ3v) is 4.53. The highest BCUT2D eigenvalue weighted by molar-refractivity contribution is 7.99. The fourth-order valence-corrected chi connectivity index (χ4v) is 3.07. The molecule has 0 saturated carbocycles. The number of ether oxygens (including phenoxy) is 2. The third kappa shape index (κ3) is 5.41. The lowest BCUT2D eigenvalue weighted by Crippen LogP contribution is -2.42. The Kier molecular flexibility index (Phi) is 6.61. The number of para-hydroxylation sites is 2. The van der Waals surface area contributed by atoms with Crippen LogP contribution in [0.3, 0.4) is 0 Å². The molecule has 0 radical (unpaired) electrons. The van der Waals surface area contributed by atoms with Crippen LogP contribution < -0.4 is 20.3 Å².